The Morgan fingerprint density at radius 1 is 1.50 bits per heavy atom. The highest BCUT2D eigenvalue weighted by molar-refractivity contribution is 5.24. The summed E-state index contributed by atoms with van der Waals surface area (Å²) in [6.07, 6.45) is 0. The van der Waals surface area contributed by atoms with Gasteiger partial charge in [0.25, 0.3) is 0 Å². The summed E-state index contributed by atoms with van der Waals surface area (Å²) in [5.41, 5.74) is 0. The van der Waals surface area contributed by atoms with Crippen molar-refractivity contribution in [2.45, 2.75) is 13.0 Å². The van der Waals surface area contributed by atoms with Gasteiger partial charge in [-0.15, -0.1) is 0 Å². The topological polar surface area (TPSA) is 45.0 Å². The number of rotatable bonds is 5. The van der Waals surface area contributed by atoms with Crippen LogP contribution in [0.1, 0.15) is 6.92 Å². The Balaban J connectivity index is 2.57. The molecular formula is C11H12F2N2O. The van der Waals surface area contributed by atoms with Crippen molar-refractivity contribution in [1.82, 2.24) is 5.32 Å². The van der Waals surface area contributed by atoms with Gasteiger partial charge in [0, 0.05) is 6.07 Å². The number of nitrogens with zero attached hydrogens (tertiary/aromatic N) is 1. The molecule has 1 N–H and O–H groups in total. The van der Waals surface area contributed by atoms with E-state index in [0.29, 0.717) is 6.54 Å². The molecule has 0 radical (unpaired) electrons. The molecule has 0 spiro atoms. The highest BCUT2D eigenvalue weighted by atomic mass is 19.1. The third kappa shape index (κ3) is 3.48. The zero-order valence-corrected chi connectivity index (χ0v) is 8.84. The molecule has 0 heterocycles. The predicted octanol–water partition coefficient (Wildman–Crippen LogP) is 1.85. The van der Waals surface area contributed by atoms with E-state index in [-0.39, 0.29) is 12.4 Å². The molecule has 0 saturated carbocycles. The largest absolute Gasteiger partial charge is 0.488 e. The van der Waals surface area contributed by atoms with Gasteiger partial charge < -0.3 is 4.74 Å². The van der Waals surface area contributed by atoms with Crippen LogP contribution in [0, 0.1) is 23.0 Å². The van der Waals surface area contributed by atoms with E-state index >= 15 is 0 Å². The first-order chi connectivity index (χ1) is 7.67. The highest BCUT2D eigenvalue weighted by Gasteiger charge is 2.09. The minimum atomic E-state index is -0.770. The molecule has 86 valence electrons. The number of hydrogen-bond acceptors (Lipinski definition) is 3. The SMILES string of the molecule is CCNC(C#N)COc1ccc(F)cc1F. The van der Waals surface area contributed by atoms with Crippen LogP contribution in [0.15, 0.2) is 18.2 Å². The summed E-state index contributed by atoms with van der Waals surface area (Å²) in [4.78, 5) is 0. The zero-order chi connectivity index (χ0) is 12.0. The number of benzene rings is 1. The highest BCUT2D eigenvalue weighted by Crippen LogP contribution is 2.17. The van der Waals surface area contributed by atoms with Gasteiger partial charge in [-0.25, -0.2) is 8.78 Å². The van der Waals surface area contributed by atoms with E-state index in [1.165, 1.54) is 6.07 Å². The van der Waals surface area contributed by atoms with E-state index < -0.39 is 17.7 Å². The molecule has 1 atom stereocenters. The predicted molar refractivity (Wildman–Crippen MR) is 54.9 cm³/mol. The van der Waals surface area contributed by atoms with Crippen molar-refractivity contribution < 1.29 is 13.5 Å². The quantitative estimate of drug-likeness (QED) is 0.833. The summed E-state index contributed by atoms with van der Waals surface area (Å²) < 4.78 is 30.8. The number of hydrogen-bond donors (Lipinski definition) is 1. The molecule has 1 rings (SSSR count). The van der Waals surface area contributed by atoms with Crippen molar-refractivity contribution in [3.05, 3.63) is 29.8 Å². The summed E-state index contributed by atoms with van der Waals surface area (Å²) in [7, 11) is 0. The van der Waals surface area contributed by atoms with Gasteiger partial charge in [0.15, 0.2) is 11.6 Å². The molecule has 3 nitrogen and oxygen atoms in total. The van der Waals surface area contributed by atoms with Crippen molar-refractivity contribution >= 4 is 0 Å². The first-order valence-electron chi connectivity index (χ1n) is 4.88. The third-order valence-corrected chi connectivity index (χ3v) is 1.91. The van der Waals surface area contributed by atoms with Gasteiger partial charge in [0.2, 0.25) is 0 Å². The molecular weight excluding hydrogens is 214 g/mol. The van der Waals surface area contributed by atoms with Crippen molar-refractivity contribution in [2.75, 3.05) is 13.2 Å². The second-order valence-electron chi connectivity index (χ2n) is 3.13. The number of nitrogens with one attached hydrogen (secondary N) is 1. The number of nitriles is 1. The normalized spacial score (nSPS) is 11.9. The molecule has 0 aliphatic carbocycles. The summed E-state index contributed by atoms with van der Waals surface area (Å²) in [5, 5.41) is 11.6. The summed E-state index contributed by atoms with van der Waals surface area (Å²) in [5.74, 6) is -1.49. The van der Waals surface area contributed by atoms with Gasteiger partial charge in [-0.1, -0.05) is 6.92 Å². The number of likely N-dealkylation sites (N-methyl/N-ethyl adjacent to an activating group) is 1. The van der Waals surface area contributed by atoms with Crippen LogP contribution in [0.25, 0.3) is 0 Å². The maximum Gasteiger partial charge on any atom is 0.167 e. The van der Waals surface area contributed by atoms with E-state index in [0.717, 1.165) is 12.1 Å². The Hall–Kier alpha value is -1.67. The molecule has 0 aliphatic heterocycles. The van der Waals surface area contributed by atoms with Gasteiger partial charge in [0.1, 0.15) is 18.5 Å². The smallest absolute Gasteiger partial charge is 0.167 e. The van der Waals surface area contributed by atoms with Crippen LogP contribution in [-0.2, 0) is 0 Å². The van der Waals surface area contributed by atoms with E-state index in [1.54, 1.807) is 0 Å². The standard InChI is InChI=1S/C11H12F2N2O/c1-2-15-9(6-14)7-16-11-4-3-8(12)5-10(11)13/h3-5,9,15H,2,7H2,1H3. The van der Waals surface area contributed by atoms with E-state index in [1.807, 2.05) is 13.0 Å². The molecule has 0 fully saturated rings. The van der Waals surface area contributed by atoms with Crippen LogP contribution in [0.4, 0.5) is 8.78 Å². The van der Waals surface area contributed by atoms with Crippen molar-refractivity contribution in [3.8, 4) is 11.8 Å². The maximum atomic E-state index is 13.1. The number of ether oxygens (including phenoxy) is 1. The Kier molecular flexibility index (Phi) is 4.67. The van der Waals surface area contributed by atoms with Gasteiger partial charge in [0.05, 0.1) is 6.07 Å². The molecule has 1 unspecified atom stereocenters. The fourth-order valence-corrected chi connectivity index (χ4v) is 1.15. The van der Waals surface area contributed by atoms with Gasteiger partial charge in [-0.05, 0) is 18.7 Å². The maximum absolute atomic E-state index is 13.1. The molecule has 0 aliphatic rings. The minimum absolute atomic E-state index is 0.0207. The van der Waals surface area contributed by atoms with Gasteiger partial charge >= 0.3 is 0 Å². The van der Waals surface area contributed by atoms with Crippen molar-refractivity contribution in [2.24, 2.45) is 0 Å². The van der Waals surface area contributed by atoms with Crippen LogP contribution >= 0.6 is 0 Å². The monoisotopic (exact) mass is 226 g/mol. The first-order valence-corrected chi connectivity index (χ1v) is 4.88. The molecule has 1 aromatic carbocycles. The van der Waals surface area contributed by atoms with E-state index in [2.05, 4.69) is 5.32 Å². The lowest BCUT2D eigenvalue weighted by Gasteiger charge is -2.11. The van der Waals surface area contributed by atoms with Crippen LogP contribution in [0.2, 0.25) is 0 Å². The Morgan fingerprint density at radius 3 is 2.81 bits per heavy atom. The Morgan fingerprint density at radius 2 is 2.25 bits per heavy atom. The fraction of sp³-hybridized carbons (Fsp3) is 0.364. The number of halogens is 2. The summed E-state index contributed by atoms with van der Waals surface area (Å²) >= 11 is 0. The molecule has 16 heavy (non-hydrogen) atoms. The lowest BCUT2D eigenvalue weighted by molar-refractivity contribution is 0.277. The average Bonchev–Trinajstić information content (AvgIpc) is 2.26. The van der Waals surface area contributed by atoms with Crippen LogP contribution < -0.4 is 10.1 Å². The van der Waals surface area contributed by atoms with Gasteiger partial charge in [-0.3, -0.25) is 5.32 Å². The average molecular weight is 226 g/mol. The molecule has 0 bridgehead atoms. The first kappa shape index (κ1) is 12.4. The van der Waals surface area contributed by atoms with Crippen LogP contribution in [0.3, 0.4) is 0 Å². The van der Waals surface area contributed by atoms with E-state index in [9.17, 15) is 8.78 Å². The van der Waals surface area contributed by atoms with E-state index in [4.69, 9.17) is 10.00 Å². The summed E-state index contributed by atoms with van der Waals surface area (Å²) in [6.45, 7) is 2.49. The lowest BCUT2D eigenvalue weighted by Crippen LogP contribution is -2.33. The molecule has 0 amide bonds. The lowest BCUT2D eigenvalue weighted by atomic mass is 10.3. The zero-order valence-electron chi connectivity index (χ0n) is 8.84. The summed E-state index contributed by atoms with van der Waals surface area (Å²) in [6, 6.07) is 4.51. The fourth-order valence-electron chi connectivity index (χ4n) is 1.15. The second kappa shape index (κ2) is 6.03. The van der Waals surface area contributed by atoms with Gasteiger partial charge in [-0.2, -0.15) is 5.26 Å². The van der Waals surface area contributed by atoms with Crippen molar-refractivity contribution in [3.63, 3.8) is 0 Å². The minimum Gasteiger partial charge on any atom is -0.488 e. The Labute approximate surface area is 92.6 Å². The van der Waals surface area contributed by atoms with Crippen LogP contribution in [0.5, 0.6) is 5.75 Å². The second-order valence-corrected chi connectivity index (χ2v) is 3.13. The molecule has 1 aromatic rings. The molecule has 0 aromatic heterocycles. The molecule has 5 heteroatoms. The molecule has 0 saturated heterocycles. The Bertz CT molecular complexity index is 390. The van der Waals surface area contributed by atoms with Crippen LogP contribution in [-0.4, -0.2) is 19.2 Å². The van der Waals surface area contributed by atoms with Crippen molar-refractivity contribution in [1.29, 1.82) is 5.26 Å². The third-order valence-electron chi connectivity index (χ3n) is 1.91.